The first-order valence-corrected chi connectivity index (χ1v) is 5.95. The maximum atomic E-state index is 5.96. The average Bonchev–Trinajstić information content (AvgIpc) is 2.30. The molecule has 1 heterocycles. The number of aryl methyl sites for hydroxylation is 1. The summed E-state index contributed by atoms with van der Waals surface area (Å²) >= 11 is 5.32. The van der Waals surface area contributed by atoms with E-state index in [1.807, 2.05) is 11.3 Å². The number of nitrogen functional groups attached to an aromatic ring is 1. The van der Waals surface area contributed by atoms with Crippen molar-refractivity contribution in [1.29, 1.82) is 0 Å². The number of halogens is 1. The summed E-state index contributed by atoms with van der Waals surface area (Å²) in [5, 5.41) is 0. The molecule has 0 radical (unpaired) electrons. The Bertz CT molecular complexity index is 293. The Morgan fingerprint density at radius 2 is 1.92 bits per heavy atom. The molecule has 3 heteroatoms. The molecule has 0 aromatic carbocycles. The van der Waals surface area contributed by atoms with Crippen LogP contribution < -0.4 is 5.73 Å². The molecule has 0 aliphatic heterocycles. The van der Waals surface area contributed by atoms with Crippen LogP contribution in [0.3, 0.4) is 0 Å². The van der Waals surface area contributed by atoms with Gasteiger partial charge in [-0.05, 0) is 47.2 Å². The average molecular weight is 246 g/mol. The molecule has 66 valence electrons. The van der Waals surface area contributed by atoms with Gasteiger partial charge in [-0.2, -0.15) is 0 Å². The van der Waals surface area contributed by atoms with E-state index in [0.717, 1.165) is 9.47 Å². The van der Waals surface area contributed by atoms with Crippen molar-refractivity contribution in [2.24, 2.45) is 0 Å². The highest BCUT2D eigenvalue weighted by atomic mass is 79.9. The second-order valence-corrected chi connectivity index (χ2v) is 5.67. The van der Waals surface area contributed by atoms with E-state index in [0.29, 0.717) is 0 Å². The van der Waals surface area contributed by atoms with Gasteiger partial charge in [-0.3, -0.25) is 0 Å². The number of thiophene rings is 1. The number of nitrogens with two attached hydrogens (primary N) is 1. The van der Waals surface area contributed by atoms with Gasteiger partial charge in [0.15, 0.2) is 0 Å². The summed E-state index contributed by atoms with van der Waals surface area (Å²) in [5.41, 5.74) is 8.37. The fourth-order valence-corrected chi connectivity index (χ4v) is 3.59. The van der Waals surface area contributed by atoms with Gasteiger partial charge in [-0.15, -0.1) is 11.3 Å². The predicted molar refractivity (Wildman–Crippen MR) is 57.7 cm³/mol. The van der Waals surface area contributed by atoms with Crippen LogP contribution in [0.25, 0.3) is 0 Å². The van der Waals surface area contributed by atoms with Gasteiger partial charge in [0.1, 0.15) is 0 Å². The van der Waals surface area contributed by atoms with Gasteiger partial charge >= 0.3 is 0 Å². The van der Waals surface area contributed by atoms with Crippen LogP contribution in [0.1, 0.15) is 29.7 Å². The lowest BCUT2D eigenvalue weighted by Gasteiger charge is -1.97. The lowest BCUT2D eigenvalue weighted by molar-refractivity contribution is 0.713. The molecule has 0 amide bonds. The highest BCUT2D eigenvalue weighted by molar-refractivity contribution is 9.11. The van der Waals surface area contributed by atoms with Crippen molar-refractivity contribution in [3.05, 3.63) is 14.2 Å². The standard InChI is InChI=1S/C9H12BrNS/c10-9-8(11)6-4-2-1-3-5-7(6)12-9/h1-5,11H2. The minimum absolute atomic E-state index is 0.997. The first kappa shape index (κ1) is 8.57. The molecule has 0 unspecified atom stereocenters. The number of rotatable bonds is 0. The molecule has 0 saturated heterocycles. The summed E-state index contributed by atoms with van der Waals surface area (Å²) in [5.74, 6) is 0. The quantitative estimate of drug-likeness (QED) is 0.698. The SMILES string of the molecule is Nc1c(Br)sc2c1CCCCC2. The van der Waals surface area contributed by atoms with Crippen molar-refractivity contribution in [2.75, 3.05) is 5.73 Å². The summed E-state index contributed by atoms with van der Waals surface area (Å²) in [6.07, 6.45) is 6.41. The topological polar surface area (TPSA) is 26.0 Å². The first-order valence-electron chi connectivity index (χ1n) is 4.34. The van der Waals surface area contributed by atoms with Gasteiger partial charge in [0.25, 0.3) is 0 Å². The molecule has 0 fully saturated rings. The van der Waals surface area contributed by atoms with E-state index in [1.165, 1.54) is 42.5 Å². The summed E-state index contributed by atoms with van der Waals surface area (Å²) in [7, 11) is 0. The Morgan fingerprint density at radius 3 is 2.75 bits per heavy atom. The monoisotopic (exact) mass is 245 g/mol. The molecule has 1 aliphatic carbocycles. The Hall–Kier alpha value is -0.0200. The summed E-state index contributed by atoms with van der Waals surface area (Å²) in [6, 6.07) is 0. The van der Waals surface area contributed by atoms with E-state index in [2.05, 4.69) is 15.9 Å². The van der Waals surface area contributed by atoms with Crippen LogP contribution in [0.2, 0.25) is 0 Å². The van der Waals surface area contributed by atoms with Gasteiger partial charge in [0.2, 0.25) is 0 Å². The van der Waals surface area contributed by atoms with E-state index >= 15 is 0 Å². The summed E-state index contributed by atoms with van der Waals surface area (Å²) in [4.78, 5) is 1.51. The van der Waals surface area contributed by atoms with Crippen LogP contribution in [0.15, 0.2) is 3.79 Å². The maximum Gasteiger partial charge on any atom is 0.0933 e. The molecule has 1 aromatic rings. The minimum Gasteiger partial charge on any atom is -0.397 e. The van der Waals surface area contributed by atoms with Crippen LogP contribution in [-0.4, -0.2) is 0 Å². The zero-order valence-electron chi connectivity index (χ0n) is 6.90. The molecule has 1 aliphatic rings. The van der Waals surface area contributed by atoms with Gasteiger partial charge in [0.05, 0.1) is 9.47 Å². The van der Waals surface area contributed by atoms with Crippen LogP contribution >= 0.6 is 27.3 Å². The molecule has 1 nitrogen and oxygen atoms in total. The zero-order chi connectivity index (χ0) is 8.55. The van der Waals surface area contributed by atoms with E-state index in [-0.39, 0.29) is 0 Å². The molecule has 2 rings (SSSR count). The Morgan fingerprint density at radius 1 is 1.17 bits per heavy atom. The van der Waals surface area contributed by atoms with Crippen molar-refractivity contribution >= 4 is 33.0 Å². The summed E-state index contributed by atoms with van der Waals surface area (Å²) < 4.78 is 1.13. The van der Waals surface area contributed by atoms with Gasteiger partial charge in [0, 0.05) is 4.88 Å². The number of hydrogen-bond acceptors (Lipinski definition) is 2. The molecule has 12 heavy (non-hydrogen) atoms. The second-order valence-electron chi connectivity index (χ2n) is 3.25. The normalized spacial score (nSPS) is 17.1. The van der Waals surface area contributed by atoms with Crippen LogP contribution in [-0.2, 0) is 12.8 Å². The van der Waals surface area contributed by atoms with Crippen LogP contribution in [0.5, 0.6) is 0 Å². The van der Waals surface area contributed by atoms with Crippen molar-refractivity contribution in [2.45, 2.75) is 32.1 Å². The molecule has 0 atom stereocenters. The Kier molecular flexibility index (Phi) is 2.42. The Labute approximate surface area is 85.1 Å². The van der Waals surface area contributed by atoms with Gasteiger partial charge in [-0.1, -0.05) is 6.42 Å². The van der Waals surface area contributed by atoms with E-state index in [4.69, 9.17) is 5.73 Å². The van der Waals surface area contributed by atoms with Crippen LogP contribution in [0.4, 0.5) is 5.69 Å². The highest BCUT2D eigenvalue weighted by Crippen LogP contribution is 2.38. The fraction of sp³-hybridized carbons (Fsp3) is 0.556. The third-order valence-corrected chi connectivity index (χ3v) is 4.43. The number of hydrogen-bond donors (Lipinski definition) is 1. The van der Waals surface area contributed by atoms with Crippen molar-refractivity contribution in [3.8, 4) is 0 Å². The molecule has 0 bridgehead atoms. The molecule has 2 N–H and O–H groups in total. The van der Waals surface area contributed by atoms with Gasteiger partial charge in [-0.25, -0.2) is 0 Å². The third-order valence-electron chi connectivity index (χ3n) is 2.42. The molecule has 0 saturated carbocycles. The molecular weight excluding hydrogens is 234 g/mol. The smallest absolute Gasteiger partial charge is 0.0933 e. The van der Waals surface area contributed by atoms with Crippen molar-refractivity contribution in [3.63, 3.8) is 0 Å². The predicted octanol–water partition coefficient (Wildman–Crippen LogP) is 3.36. The molecule has 0 spiro atoms. The van der Waals surface area contributed by atoms with E-state index in [9.17, 15) is 0 Å². The minimum atomic E-state index is 0.997. The largest absolute Gasteiger partial charge is 0.397 e. The molecule has 1 aromatic heterocycles. The summed E-state index contributed by atoms with van der Waals surface area (Å²) in [6.45, 7) is 0. The Balaban J connectivity index is 2.42. The van der Waals surface area contributed by atoms with Crippen molar-refractivity contribution < 1.29 is 0 Å². The highest BCUT2D eigenvalue weighted by Gasteiger charge is 2.15. The van der Waals surface area contributed by atoms with E-state index in [1.54, 1.807) is 0 Å². The molecular formula is C9H12BrNS. The van der Waals surface area contributed by atoms with Crippen molar-refractivity contribution in [1.82, 2.24) is 0 Å². The van der Waals surface area contributed by atoms with Crippen LogP contribution in [0, 0.1) is 0 Å². The van der Waals surface area contributed by atoms with Gasteiger partial charge < -0.3 is 5.73 Å². The third kappa shape index (κ3) is 1.40. The van der Waals surface area contributed by atoms with E-state index < -0.39 is 0 Å². The maximum absolute atomic E-state index is 5.96. The lowest BCUT2D eigenvalue weighted by atomic mass is 10.1. The lowest BCUT2D eigenvalue weighted by Crippen LogP contribution is -1.91. The fourth-order valence-electron chi connectivity index (χ4n) is 1.73. The zero-order valence-corrected chi connectivity index (χ0v) is 9.30. The number of anilines is 1. The second kappa shape index (κ2) is 3.38. The first-order chi connectivity index (χ1) is 5.79. The number of fused-ring (bicyclic) bond motifs is 1.